The Morgan fingerprint density at radius 1 is 0.309 bits per heavy atom. The first-order valence-corrected chi connectivity index (χ1v) is 28.2. The lowest BCUT2D eigenvalue weighted by atomic mass is 10.0. The van der Waals surface area contributed by atoms with E-state index in [2.05, 4.69) is 118 Å². The van der Waals surface area contributed by atoms with Crippen molar-refractivity contribution in [1.29, 1.82) is 0 Å². The van der Waals surface area contributed by atoms with Crippen LogP contribution in [-0.2, 0) is 28.6 Å². The summed E-state index contributed by atoms with van der Waals surface area (Å²) in [6.07, 6.45) is 74.1. The van der Waals surface area contributed by atoms with Gasteiger partial charge < -0.3 is 14.2 Å². The smallest absolute Gasteiger partial charge is 0.306 e. The van der Waals surface area contributed by atoms with Gasteiger partial charge in [0.15, 0.2) is 6.10 Å². The van der Waals surface area contributed by atoms with Crippen LogP contribution in [0.25, 0.3) is 0 Å². The summed E-state index contributed by atoms with van der Waals surface area (Å²) in [5, 5.41) is 0. The largest absolute Gasteiger partial charge is 0.462 e. The lowest BCUT2D eigenvalue weighted by Crippen LogP contribution is -2.30. The molecule has 0 saturated carbocycles. The van der Waals surface area contributed by atoms with Crippen molar-refractivity contribution in [3.63, 3.8) is 0 Å². The number of rotatable bonds is 50. The van der Waals surface area contributed by atoms with E-state index in [1.165, 1.54) is 96.3 Å². The van der Waals surface area contributed by atoms with E-state index >= 15 is 0 Å². The summed E-state index contributed by atoms with van der Waals surface area (Å²) < 4.78 is 16.8. The minimum Gasteiger partial charge on any atom is -0.462 e. The van der Waals surface area contributed by atoms with Crippen molar-refractivity contribution in [2.24, 2.45) is 0 Å². The molecule has 6 heteroatoms. The van der Waals surface area contributed by atoms with Crippen molar-refractivity contribution in [1.82, 2.24) is 0 Å². The number of hydrogen-bond acceptors (Lipinski definition) is 6. The van der Waals surface area contributed by atoms with Crippen LogP contribution in [-0.4, -0.2) is 37.2 Å². The van der Waals surface area contributed by atoms with Gasteiger partial charge in [-0.1, -0.05) is 253 Å². The van der Waals surface area contributed by atoms with Crippen LogP contribution < -0.4 is 0 Å². The van der Waals surface area contributed by atoms with Crippen LogP contribution in [0.4, 0.5) is 0 Å². The van der Waals surface area contributed by atoms with Crippen molar-refractivity contribution in [3.8, 4) is 0 Å². The van der Waals surface area contributed by atoms with Crippen LogP contribution in [0, 0.1) is 0 Å². The van der Waals surface area contributed by atoms with E-state index in [-0.39, 0.29) is 31.1 Å². The zero-order valence-electron chi connectivity index (χ0n) is 44.3. The van der Waals surface area contributed by atoms with Gasteiger partial charge in [0, 0.05) is 19.3 Å². The average molecular weight is 946 g/mol. The topological polar surface area (TPSA) is 78.9 Å². The van der Waals surface area contributed by atoms with Crippen molar-refractivity contribution in [2.45, 2.75) is 264 Å². The molecule has 1 atom stereocenters. The van der Waals surface area contributed by atoms with E-state index in [0.717, 1.165) is 122 Å². The van der Waals surface area contributed by atoms with Crippen molar-refractivity contribution in [3.05, 3.63) is 97.2 Å². The van der Waals surface area contributed by atoms with Crippen molar-refractivity contribution < 1.29 is 28.6 Å². The molecule has 6 nitrogen and oxygen atoms in total. The Morgan fingerprint density at radius 2 is 0.574 bits per heavy atom. The molecule has 0 spiro atoms. The fraction of sp³-hybridized carbons (Fsp3) is 0.694. The summed E-state index contributed by atoms with van der Waals surface area (Å²) in [4.78, 5) is 37.9. The Kier molecular flexibility index (Phi) is 52.9. The highest BCUT2D eigenvalue weighted by Crippen LogP contribution is 2.15. The number of esters is 3. The van der Waals surface area contributed by atoms with E-state index in [4.69, 9.17) is 14.2 Å². The quantitative estimate of drug-likeness (QED) is 0.0262. The van der Waals surface area contributed by atoms with E-state index in [0.29, 0.717) is 19.3 Å². The number of hydrogen-bond donors (Lipinski definition) is 0. The molecule has 0 radical (unpaired) electrons. The fourth-order valence-electron chi connectivity index (χ4n) is 7.63. The maximum absolute atomic E-state index is 12.8. The molecule has 0 rings (SSSR count). The summed E-state index contributed by atoms with van der Waals surface area (Å²) in [6.45, 7) is 6.47. The standard InChI is InChI=1S/C62H104O6/c1-4-7-10-13-16-19-21-23-24-25-26-27-28-29-30-31-32-33-34-35-36-37-38-40-41-43-46-49-52-55-61(64)67-58-59(57-66-60(63)54-51-48-45-18-15-12-9-6-3)68-62(65)56-53-50-47-44-42-39-22-20-17-14-11-8-5-2/h7,10,16,19,23-24,26-27,29-30,32-33,35-36,38,40,59H,4-6,8-9,11-15,17-18,20-22,25,28,31,34,37,39,41-58H2,1-3H3/b10-7-,19-16-,24-23-,27-26-,30-29-,33-32-,36-35-,40-38-. The molecule has 0 heterocycles. The molecule has 0 saturated heterocycles. The first-order valence-electron chi connectivity index (χ1n) is 28.2. The minimum atomic E-state index is -0.783. The zero-order chi connectivity index (χ0) is 49.3. The zero-order valence-corrected chi connectivity index (χ0v) is 44.3. The maximum atomic E-state index is 12.8. The molecule has 0 fully saturated rings. The summed E-state index contributed by atoms with van der Waals surface area (Å²) in [5.41, 5.74) is 0. The molecule has 0 aromatic heterocycles. The van der Waals surface area contributed by atoms with Crippen LogP contribution >= 0.6 is 0 Å². The first-order chi connectivity index (χ1) is 33.5. The Bertz CT molecular complexity index is 1360. The molecule has 388 valence electrons. The van der Waals surface area contributed by atoms with Gasteiger partial charge in [0.25, 0.3) is 0 Å². The second kappa shape index (κ2) is 55.9. The van der Waals surface area contributed by atoms with Gasteiger partial charge in [0.05, 0.1) is 0 Å². The van der Waals surface area contributed by atoms with Gasteiger partial charge in [-0.05, 0) is 83.5 Å². The second-order valence-electron chi connectivity index (χ2n) is 18.5. The third kappa shape index (κ3) is 53.3. The normalized spacial score (nSPS) is 12.8. The summed E-state index contributed by atoms with van der Waals surface area (Å²) in [5.74, 6) is -0.911. The van der Waals surface area contributed by atoms with Crippen LogP contribution in [0.1, 0.15) is 258 Å². The Morgan fingerprint density at radius 3 is 0.897 bits per heavy atom. The highest BCUT2D eigenvalue weighted by atomic mass is 16.6. The molecule has 0 aromatic rings. The van der Waals surface area contributed by atoms with E-state index < -0.39 is 6.10 Å². The Hall–Kier alpha value is -3.67. The lowest BCUT2D eigenvalue weighted by molar-refractivity contribution is -0.167. The van der Waals surface area contributed by atoms with Gasteiger partial charge in [0.2, 0.25) is 0 Å². The molecule has 1 unspecified atom stereocenters. The van der Waals surface area contributed by atoms with E-state index in [1.54, 1.807) is 0 Å². The highest BCUT2D eigenvalue weighted by molar-refractivity contribution is 5.71. The monoisotopic (exact) mass is 945 g/mol. The Labute approximate surface area is 419 Å². The molecule has 0 bridgehead atoms. The number of carbonyl (C=O) groups excluding carboxylic acids is 3. The predicted octanol–water partition coefficient (Wildman–Crippen LogP) is 18.9. The average Bonchev–Trinajstić information content (AvgIpc) is 3.34. The maximum Gasteiger partial charge on any atom is 0.306 e. The predicted molar refractivity (Wildman–Crippen MR) is 293 cm³/mol. The molecule has 0 aliphatic carbocycles. The van der Waals surface area contributed by atoms with Gasteiger partial charge in [-0.25, -0.2) is 0 Å². The van der Waals surface area contributed by atoms with Gasteiger partial charge >= 0.3 is 17.9 Å². The lowest BCUT2D eigenvalue weighted by Gasteiger charge is -2.18. The van der Waals surface area contributed by atoms with Crippen molar-refractivity contribution in [2.75, 3.05) is 13.2 Å². The van der Waals surface area contributed by atoms with Crippen LogP contribution in [0.3, 0.4) is 0 Å². The first kappa shape index (κ1) is 64.3. The second-order valence-corrected chi connectivity index (χ2v) is 18.5. The van der Waals surface area contributed by atoms with E-state index in [9.17, 15) is 14.4 Å². The van der Waals surface area contributed by atoms with Gasteiger partial charge in [-0.2, -0.15) is 0 Å². The summed E-state index contributed by atoms with van der Waals surface area (Å²) >= 11 is 0. The Balaban J connectivity index is 4.25. The third-order valence-electron chi connectivity index (χ3n) is 11.9. The molecule has 0 aromatic carbocycles. The van der Waals surface area contributed by atoms with Gasteiger partial charge in [-0.3, -0.25) is 14.4 Å². The third-order valence-corrected chi connectivity index (χ3v) is 11.9. The highest BCUT2D eigenvalue weighted by Gasteiger charge is 2.19. The SMILES string of the molecule is CC/C=C\C/C=C\C/C=C\C/C=C\C/C=C\C/C=C\C/C=C\C/C=C\CCCCCCC(=O)OCC(COC(=O)CCCCCCCCCC)OC(=O)CCCCCCCCCCCCCCC. The van der Waals surface area contributed by atoms with Gasteiger partial charge in [0.1, 0.15) is 13.2 Å². The molecule has 0 N–H and O–H groups in total. The van der Waals surface area contributed by atoms with E-state index in [1.807, 2.05) is 0 Å². The summed E-state index contributed by atoms with van der Waals surface area (Å²) in [6, 6.07) is 0. The molecule has 0 aliphatic rings. The molecule has 0 aliphatic heterocycles. The van der Waals surface area contributed by atoms with Gasteiger partial charge in [-0.15, -0.1) is 0 Å². The molecule has 0 amide bonds. The van der Waals surface area contributed by atoms with Crippen molar-refractivity contribution >= 4 is 17.9 Å². The number of ether oxygens (including phenoxy) is 3. The van der Waals surface area contributed by atoms with Crippen LogP contribution in [0.15, 0.2) is 97.2 Å². The molecular formula is C62H104O6. The van der Waals surface area contributed by atoms with Crippen LogP contribution in [0.5, 0.6) is 0 Å². The minimum absolute atomic E-state index is 0.0831. The summed E-state index contributed by atoms with van der Waals surface area (Å²) in [7, 11) is 0. The number of carbonyl (C=O) groups is 3. The number of unbranched alkanes of at least 4 members (excludes halogenated alkanes) is 23. The molecular weight excluding hydrogens is 841 g/mol. The fourth-order valence-corrected chi connectivity index (χ4v) is 7.63. The van der Waals surface area contributed by atoms with Crippen LogP contribution in [0.2, 0.25) is 0 Å². The number of allylic oxidation sites excluding steroid dienone is 16. The molecule has 68 heavy (non-hydrogen) atoms.